The van der Waals surface area contributed by atoms with Crippen molar-refractivity contribution in [1.29, 1.82) is 0 Å². The first-order chi connectivity index (χ1) is 10.1. The van der Waals surface area contributed by atoms with Crippen molar-refractivity contribution in [1.82, 2.24) is 4.98 Å². The van der Waals surface area contributed by atoms with Gasteiger partial charge in [0, 0.05) is 17.3 Å². The molecule has 1 amide bonds. The van der Waals surface area contributed by atoms with Crippen molar-refractivity contribution >= 4 is 28.2 Å². The van der Waals surface area contributed by atoms with E-state index < -0.39 is 0 Å². The zero-order valence-electron chi connectivity index (χ0n) is 11.0. The zero-order chi connectivity index (χ0) is 14.8. The quantitative estimate of drug-likeness (QED) is 0.758. The molecule has 1 aromatic heterocycles. The number of pyridine rings is 1. The molecule has 3 aromatic rings. The smallest absolute Gasteiger partial charge is 0.257 e. The van der Waals surface area contributed by atoms with Crippen molar-refractivity contribution in [3.8, 4) is 0 Å². The van der Waals surface area contributed by atoms with Crippen LogP contribution in [0.2, 0.25) is 0 Å². The minimum absolute atomic E-state index is 0.315. The zero-order valence-corrected chi connectivity index (χ0v) is 11.0. The molecular formula is C16H12FN3O. The Kier molecular flexibility index (Phi) is 3.23. The Morgan fingerprint density at radius 1 is 1.05 bits per heavy atom. The van der Waals surface area contributed by atoms with Gasteiger partial charge >= 0.3 is 0 Å². The predicted molar refractivity (Wildman–Crippen MR) is 80.5 cm³/mol. The largest absolute Gasteiger partial charge is 0.383 e. The number of nitrogens with two attached hydrogens (primary N) is 1. The SMILES string of the molecule is Nc1ncc(C(=O)Nc2ccc(F)cc2)c2ccccc12. The van der Waals surface area contributed by atoms with E-state index in [1.54, 1.807) is 0 Å². The Balaban J connectivity index is 1.98. The molecule has 0 aliphatic rings. The number of fused-ring (bicyclic) bond motifs is 1. The summed E-state index contributed by atoms with van der Waals surface area (Å²) in [5.74, 6) is -0.290. The van der Waals surface area contributed by atoms with Crippen LogP contribution in [0.1, 0.15) is 10.4 Å². The van der Waals surface area contributed by atoms with Gasteiger partial charge < -0.3 is 11.1 Å². The molecule has 0 atom stereocenters. The molecule has 4 nitrogen and oxygen atoms in total. The summed E-state index contributed by atoms with van der Waals surface area (Å²) < 4.78 is 12.9. The van der Waals surface area contributed by atoms with E-state index in [1.807, 2.05) is 24.3 Å². The topological polar surface area (TPSA) is 68.0 Å². The number of amides is 1. The van der Waals surface area contributed by atoms with E-state index in [1.165, 1.54) is 30.5 Å². The third-order valence-electron chi connectivity index (χ3n) is 3.17. The maximum atomic E-state index is 12.9. The minimum atomic E-state index is -0.354. The fourth-order valence-electron chi connectivity index (χ4n) is 2.13. The summed E-state index contributed by atoms with van der Waals surface area (Å²) in [6.07, 6.45) is 1.44. The van der Waals surface area contributed by atoms with Gasteiger partial charge in [-0.3, -0.25) is 4.79 Å². The normalized spacial score (nSPS) is 10.5. The number of halogens is 1. The minimum Gasteiger partial charge on any atom is -0.383 e. The lowest BCUT2D eigenvalue weighted by atomic mass is 10.1. The third-order valence-corrected chi connectivity index (χ3v) is 3.17. The number of nitrogens with one attached hydrogen (secondary N) is 1. The number of nitrogens with zero attached hydrogens (tertiary/aromatic N) is 1. The van der Waals surface area contributed by atoms with Gasteiger partial charge in [0.05, 0.1) is 5.56 Å². The number of hydrogen-bond donors (Lipinski definition) is 2. The van der Waals surface area contributed by atoms with E-state index in [0.29, 0.717) is 17.1 Å². The molecule has 0 saturated carbocycles. The van der Waals surface area contributed by atoms with Crippen LogP contribution in [0.5, 0.6) is 0 Å². The number of nitrogen functional groups attached to an aromatic ring is 1. The monoisotopic (exact) mass is 281 g/mol. The van der Waals surface area contributed by atoms with E-state index in [-0.39, 0.29) is 11.7 Å². The van der Waals surface area contributed by atoms with E-state index in [0.717, 1.165) is 10.8 Å². The van der Waals surface area contributed by atoms with Crippen molar-refractivity contribution in [3.05, 3.63) is 66.1 Å². The van der Waals surface area contributed by atoms with Crippen LogP contribution >= 0.6 is 0 Å². The molecule has 0 fully saturated rings. The molecule has 0 aliphatic heterocycles. The fraction of sp³-hybridized carbons (Fsp3) is 0. The Bertz CT molecular complexity index is 815. The average molecular weight is 281 g/mol. The second-order valence-electron chi connectivity index (χ2n) is 4.56. The molecule has 0 radical (unpaired) electrons. The summed E-state index contributed by atoms with van der Waals surface area (Å²) >= 11 is 0. The van der Waals surface area contributed by atoms with Gasteiger partial charge in [-0.05, 0) is 29.7 Å². The van der Waals surface area contributed by atoms with Gasteiger partial charge in [-0.2, -0.15) is 0 Å². The first kappa shape index (κ1) is 13.1. The van der Waals surface area contributed by atoms with Crippen LogP contribution in [0.25, 0.3) is 10.8 Å². The van der Waals surface area contributed by atoms with Gasteiger partial charge in [-0.15, -0.1) is 0 Å². The molecule has 21 heavy (non-hydrogen) atoms. The second-order valence-corrected chi connectivity index (χ2v) is 4.56. The molecule has 0 spiro atoms. The van der Waals surface area contributed by atoms with Crippen molar-refractivity contribution in [2.45, 2.75) is 0 Å². The summed E-state index contributed by atoms with van der Waals surface area (Å²) in [6, 6.07) is 12.9. The first-order valence-electron chi connectivity index (χ1n) is 6.35. The van der Waals surface area contributed by atoms with Gasteiger partial charge in [0.25, 0.3) is 5.91 Å². The van der Waals surface area contributed by atoms with Crippen LogP contribution in [0, 0.1) is 5.82 Å². The van der Waals surface area contributed by atoms with Crippen molar-refractivity contribution < 1.29 is 9.18 Å². The number of aromatic nitrogens is 1. The third kappa shape index (κ3) is 2.53. The fourth-order valence-corrected chi connectivity index (χ4v) is 2.13. The van der Waals surface area contributed by atoms with Crippen molar-refractivity contribution in [2.75, 3.05) is 11.1 Å². The van der Waals surface area contributed by atoms with Crippen molar-refractivity contribution in [2.24, 2.45) is 0 Å². The molecule has 0 aliphatic carbocycles. The van der Waals surface area contributed by atoms with Crippen molar-refractivity contribution in [3.63, 3.8) is 0 Å². The standard InChI is InChI=1S/C16H12FN3O/c17-10-5-7-11(8-6-10)20-16(21)14-9-19-15(18)13-4-2-1-3-12(13)14/h1-9H,(H2,18,19)(H,20,21). The van der Waals surface area contributed by atoms with Crippen LogP contribution in [0.15, 0.2) is 54.7 Å². The van der Waals surface area contributed by atoms with Gasteiger partial charge in [0.15, 0.2) is 0 Å². The molecule has 1 heterocycles. The highest BCUT2D eigenvalue weighted by Crippen LogP contribution is 2.23. The highest BCUT2D eigenvalue weighted by molar-refractivity contribution is 6.14. The molecular weight excluding hydrogens is 269 g/mol. The lowest BCUT2D eigenvalue weighted by molar-refractivity contribution is 0.102. The number of benzene rings is 2. The maximum Gasteiger partial charge on any atom is 0.257 e. The molecule has 0 bridgehead atoms. The number of rotatable bonds is 2. The molecule has 3 N–H and O–H groups in total. The number of carbonyl (C=O) groups is 1. The van der Waals surface area contributed by atoms with Gasteiger partial charge in [0.2, 0.25) is 0 Å². The molecule has 0 unspecified atom stereocenters. The van der Waals surface area contributed by atoms with E-state index in [2.05, 4.69) is 10.3 Å². The Hall–Kier alpha value is -2.95. The van der Waals surface area contributed by atoms with Gasteiger partial charge in [-0.25, -0.2) is 9.37 Å². The van der Waals surface area contributed by atoms with Crippen LogP contribution < -0.4 is 11.1 Å². The van der Waals surface area contributed by atoms with E-state index >= 15 is 0 Å². The van der Waals surface area contributed by atoms with E-state index in [4.69, 9.17) is 5.73 Å². The summed E-state index contributed by atoms with van der Waals surface area (Å²) in [5.41, 5.74) is 6.75. The molecule has 2 aromatic carbocycles. The van der Waals surface area contributed by atoms with Crippen LogP contribution in [-0.4, -0.2) is 10.9 Å². The van der Waals surface area contributed by atoms with Gasteiger partial charge in [-0.1, -0.05) is 24.3 Å². The summed E-state index contributed by atoms with van der Waals surface area (Å²) in [6.45, 7) is 0. The highest BCUT2D eigenvalue weighted by Gasteiger charge is 2.12. The number of hydrogen-bond acceptors (Lipinski definition) is 3. The van der Waals surface area contributed by atoms with Crippen LogP contribution in [-0.2, 0) is 0 Å². The first-order valence-corrected chi connectivity index (χ1v) is 6.35. The summed E-state index contributed by atoms with van der Waals surface area (Å²) in [7, 11) is 0. The molecule has 104 valence electrons. The highest BCUT2D eigenvalue weighted by atomic mass is 19.1. The van der Waals surface area contributed by atoms with E-state index in [9.17, 15) is 9.18 Å². The maximum absolute atomic E-state index is 12.9. The van der Waals surface area contributed by atoms with Crippen LogP contribution in [0.3, 0.4) is 0 Å². The average Bonchev–Trinajstić information content (AvgIpc) is 2.50. The molecule has 0 saturated heterocycles. The molecule has 3 rings (SSSR count). The Morgan fingerprint density at radius 2 is 1.71 bits per heavy atom. The van der Waals surface area contributed by atoms with Crippen LogP contribution in [0.4, 0.5) is 15.9 Å². The number of carbonyl (C=O) groups excluding carboxylic acids is 1. The van der Waals surface area contributed by atoms with Gasteiger partial charge in [0.1, 0.15) is 11.6 Å². The lowest BCUT2D eigenvalue weighted by Gasteiger charge is -2.09. The second kappa shape index (κ2) is 5.20. The number of anilines is 2. The lowest BCUT2D eigenvalue weighted by Crippen LogP contribution is -2.13. The summed E-state index contributed by atoms with van der Waals surface area (Å²) in [5, 5.41) is 4.16. The molecule has 5 heteroatoms. The Labute approximate surface area is 120 Å². The summed E-state index contributed by atoms with van der Waals surface area (Å²) in [4.78, 5) is 16.4. The Morgan fingerprint density at radius 3 is 2.43 bits per heavy atom. The predicted octanol–water partition coefficient (Wildman–Crippen LogP) is 3.21.